The molecule has 1 unspecified atom stereocenters. The molecule has 22 heavy (non-hydrogen) atoms. The minimum atomic E-state index is -1.74. The molecule has 2 N–H and O–H groups in total. The van der Waals surface area contributed by atoms with Crippen LogP contribution in [0.4, 0.5) is 9.18 Å². The van der Waals surface area contributed by atoms with Gasteiger partial charge < -0.3 is 15.1 Å². The second kappa shape index (κ2) is 8.11. The van der Waals surface area contributed by atoms with Crippen LogP contribution in [0.3, 0.4) is 0 Å². The quantitative estimate of drug-likeness (QED) is 0.575. The first-order valence-electron chi connectivity index (χ1n) is 8.09. The van der Waals surface area contributed by atoms with Crippen molar-refractivity contribution in [1.29, 1.82) is 0 Å². The van der Waals surface area contributed by atoms with Crippen LogP contribution in [-0.2, 0) is 4.43 Å². The standard InChI is InChI=1S/C16H31FN2O2Si/c1-16(2,3)22(4,5)21-12-13-7-6-8-14(11-13)19-15(20)18-10-9-17/h11,14H,6-10,12H2,1-5H3,(H2,18,19,20). The first-order chi connectivity index (χ1) is 10.2. The van der Waals surface area contributed by atoms with E-state index < -0.39 is 15.0 Å². The van der Waals surface area contributed by atoms with Gasteiger partial charge >= 0.3 is 6.03 Å². The van der Waals surface area contributed by atoms with Crippen LogP contribution in [0.5, 0.6) is 0 Å². The number of carbonyl (C=O) groups is 1. The lowest BCUT2D eigenvalue weighted by Gasteiger charge is -2.37. The monoisotopic (exact) mass is 330 g/mol. The van der Waals surface area contributed by atoms with Gasteiger partial charge in [-0.2, -0.15) is 0 Å². The lowest BCUT2D eigenvalue weighted by atomic mass is 9.96. The van der Waals surface area contributed by atoms with Gasteiger partial charge in [0.25, 0.3) is 0 Å². The Labute approximate surface area is 135 Å². The van der Waals surface area contributed by atoms with Crippen molar-refractivity contribution in [2.24, 2.45) is 0 Å². The highest BCUT2D eigenvalue weighted by Crippen LogP contribution is 2.37. The number of amides is 2. The van der Waals surface area contributed by atoms with Gasteiger partial charge in [0.1, 0.15) is 6.67 Å². The van der Waals surface area contributed by atoms with E-state index in [1.54, 1.807) is 0 Å². The fourth-order valence-corrected chi connectivity index (χ4v) is 3.08. The number of nitrogens with one attached hydrogen (secondary N) is 2. The van der Waals surface area contributed by atoms with Crippen LogP contribution in [0, 0.1) is 0 Å². The maximum Gasteiger partial charge on any atom is 0.315 e. The van der Waals surface area contributed by atoms with E-state index in [1.807, 2.05) is 0 Å². The number of hydrogen-bond donors (Lipinski definition) is 2. The molecule has 6 heteroatoms. The van der Waals surface area contributed by atoms with Crippen LogP contribution in [0.2, 0.25) is 18.1 Å². The van der Waals surface area contributed by atoms with E-state index >= 15 is 0 Å². The van der Waals surface area contributed by atoms with Crippen molar-refractivity contribution in [2.45, 2.75) is 64.2 Å². The Morgan fingerprint density at radius 1 is 1.45 bits per heavy atom. The van der Waals surface area contributed by atoms with Gasteiger partial charge in [0.15, 0.2) is 8.32 Å². The summed E-state index contributed by atoms with van der Waals surface area (Å²) in [5, 5.41) is 5.57. The summed E-state index contributed by atoms with van der Waals surface area (Å²) in [5.41, 5.74) is 1.26. The Bertz CT molecular complexity index is 405. The summed E-state index contributed by atoms with van der Waals surface area (Å²) in [6.45, 7) is 11.4. The van der Waals surface area contributed by atoms with E-state index in [2.05, 4.69) is 50.6 Å². The Kier molecular flexibility index (Phi) is 7.06. The van der Waals surface area contributed by atoms with Gasteiger partial charge in [-0.05, 0) is 43.0 Å². The molecule has 0 spiro atoms. The van der Waals surface area contributed by atoms with Gasteiger partial charge in [-0.25, -0.2) is 9.18 Å². The van der Waals surface area contributed by atoms with Crippen LogP contribution in [0.1, 0.15) is 40.0 Å². The van der Waals surface area contributed by atoms with Crippen molar-refractivity contribution in [1.82, 2.24) is 10.6 Å². The normalized spacial score (nSPS) is 19.5. The largest absolute Gasteiger partial charge is 0.413 e. The predicted octanol–water partition coefficient (Wildman–Crippen LogP) is 3.76. The molecular formula is C16H31FN2O2Si. The van der Waals surface area contributed by atoms with E-state index in [0.29, 0.717) is 6.61 Å². The van der Waals surface area contributed by atoms with E-state index in [1.165, 1.54) is 5.57 Å². The number of alkyl halides is 1. The fraction of sp³-hybridized carbons (Fsp3) is 0.812. The van der Waals surface area contributed by atoms with Crippen LogP contribution < -0.4 is 10.6 Å². The van der Waals surface area contributed by atoms with E-state index in [0.717, 1.165) is 19.3 Å². The third-order valence-corrected chi connectivity index (χ3v) is 9.05. The highest BCUT2D eigenvalue weighted by atomic mass is 28.4. The molecule has 0 radical (unpaired) electrons. The van der Waals surface area contributed by atoms with Crippen molar-refractivity contribution in [3.8, 4) is 0 Å². The summed E-state index contributed by atoms with van der Waals surface area (Å²) in [5.74, 6) is 0. The lowest BCUT2D eigenvalue weighted by Crippen LogP contribution is -2.43. The molecule has 1 rings (SSSR count). The molecule has 1 atom stereocenters. The zero-order chi connectivity index (χ0) is 16.8. The van der Waals surface area contributed by atoms with Crippen LogP contribution >= 0.6 is 0 Å². The van der Waals surface area contributed by atoms with Crippen molar-refractivity contribution in [3.05, 3.63) is 11.6 Å². The summed E-state index contributed by atoms with van der Waals surface area (Å²) >= 11 is 0. The van der Waals surface area contributed by atoms with Crippen LogP contribution in [-0.4, -0.2) is 40.2 Å². The average molecular weight is 331 g/mol. The summed E-state index contributed by atoms with van der Waals surface area (Å²) in [6.07, 6.45) is 5.10. The molecule has 0 aromatic rings. The molecule has 0 fully saturated rings. The smallest absolute Gasteiger partial charge is 0.315 e. The molecule has 0 aromatic heterocycles. The molecule has 0 heterocycles. The number of hydrogen-bond acceptors (Lipinski definition) is 2. The Hall–Kier alpha value is -0.883. The second-order valence-corrected chi connectivity index (χ2v) is 12.3. The zero-order valence-electron chi connectivity index (χ0n) is 14.6. The zero-order valence-corrected chi connectivity index (χ0v) is 15.6. The van der Waals surface area contributed by atoms with Gasteiger partial charge in [0.2, 0.25) is 0 Å². The molecule has 2 amide bonds. The predicted molar refractivity (Wildman–Crippen MR) is 91.4 cm³/mol. The molecule has 4 nitrogen and oxygen atoms in total. The highest BCUT2D eigenvalue weighted by molar-refractivity contribution is 6.74. The SMILES string of the molecule is CC(C)(C)[Si](C)(C)OCC1=CC(NC(=O)NCCF)CCC1. The van der Waals surface area contributed by atoms with E-state index in [-0.39, 0.29) is 23.7 Å². The molecule has 0 saturated heterocycles. The second-order valence-electron chi connectivity index (χ2n) is 7.46. The molecule has 0 saturated carbocycles. The molecule has 1 aliphatic carbocycles. The van der Waals surface area contributed by atoms with Gasteiger partial charge in [-0.3, -0.25) is 0 Å². The maximum absolute atomic E-state index is 12.0. The Morgan fingerprint density at radius 2 is 2.14 bits per heavy atom. The van der Waals surface area contributed by atoms with E-state index in [9.17, 15) is 9.18 Å². The number of halogens is 1. The minimum Gasteiger partial charge on any atom is -0.413 e. The Morgan fingerprint density at radius 3 is 2.73 bits per heavy atom. The Balaban J connectivity index is 2.52. The van der Waals surface area contributed by atoms with Gasteiger partial charge in [-0.15, -0.1) is 0 Å². The van der Waals surface area contributed by atoms with Crippen molar-refractivity contribution in [2.75, 3.05) is 19.8 Å². The van der Waals surface area contributed by atoms with Gasteiger partial charge in [0, 0.05) is 12.6 Å². The number of carbonyl (C=O) groups excluding carboxylic acids is 1. The molecule has 0 bridgehead atoms. The maximum atomic E-state index is 12.0. The molecule has 1 aliphatic rings. The number of urea groups is 1. The fourth-order valence-electron chi connectivity index (χ4n) is 2.10. The topological polar surface area (TPSA) is 50.4 Å². The molecule has 0 aliphatic heterocycles. The molecular weight excluding hydrogens is 299 g/mol. The molecule has 128 valence electrons. The van der Waals surface area contributed by atoms with Crippen LogP contribution in [0.25, 0.3) is 0 Å². The third-order valence-electron chi connectivity index (χ3n) is 4.57. The van der Waals surface area contributed by atoms with Crippen molar-refractivity contribution >= 4 is 14.3 Å². The summed E-state index contributed by atoms with van der Waals surface area (Å²) < 4.78 is 18.3. The van der Waals surface area contributed by atoms with E-state index in [4.69, 9.17) is 4.43 Å². The van der Waals surface area contributed by atoms with Crippen molar-refractivity contribution < 1.29 is 13.6 Å². The van der Waals surface area contributed by atoms with Crippen molar-refractivity contribution in [3.63, 3.8) is 0 Å². The average Bonchev–Trinajstić information content (AvgIpc) is 2.42. The lowest BCUT2D eigenvalue weighted by molar-refractivity contribution is 0.236. The van der Waals surface area contributed by atoms with Crippen LogP contribution in [0.15, 0.2) is 11.6 Å². The summed E-state index contributed by atoms with van der Waals surface area (Å²) in [7, 11) is -1.74. The summed E-state index contributed by atoms with van der Waals surface area (Å²) in [6, 6.07) is -0.281. The number of rotatable bonds is 6. The first kappa shape index (κ1) is 19.2. The third kappa shape index (κ3) is 6.08. The van der Waals surface area contributed by atoms with Gasteiger partial charge in [0.05, 0.1) is 6.61 Å². The molecule has 0 aromatic carbocycles. The first-order valence-corrected chi connectivity index (χ1v) is 11.0. The van der Waals surface area contributed by atoms with Gasteiger partial charge in [-0.1, -0.05) is 26.8 Å². The highest BCUT2D eigenvalue weighted by Gasteiger charge is 2.37. The summed E-state index contributed by atoms with van der Waals surface area (Å²) in [4.78, 5) is 11.6. The minimum absolute atomic E-state index is 0.0198.